The lowest BCUT2D eigenvalue weighted by atomic mass is 10.0. The summed E-state index contributed by atoms with van der Waals surface area (Å²) in [4.78, 5) is 12.2. The molecular formula is C43H79NO3. The van der Waals surface area contributed by atoms with E-state index in [2.05, 4.69) is 55.6 Å². The predicted molar refractivity (Wildman–Crippen MR) is 207 cm³/mol. The first-order valence-corrected chi connectivity index (χ1v) is 20.4. The molecule has 2 atom stereocenters. The molecule has 0 saturated heterocycles. The van der Waals surface area contributed by atoms with E-state index in [9.17, 15) is 15.0 Å². The Labute approximate surface area is 293 Å². The first-order valence-electron chi connectivity index (χ1n) is 20.4. The number of aliphatic hydroxyl groups excluding tert-OH is 2. The lowest BCUT2D eigenvalue weighted by molar-refractivity contribution is -0.123. The lowest BCUT2D eigenvalue weighted by Crippen LogP contribution is -2.45. The smallest absolute Gasteiger partial charge is 0.220 e. The van der Waals surface area contributed by atoms with Crippen LogP contribution in [0, 0.1) is 0 Å². The van der Waals surface area contributed by atoms with Crippen molar-refractivity contribution in [2.45, 2.75) is 212 Å². The molecule has 0 aromatic heterocycles. The van der Waals surface area contributed by atoms with Crippen molar-refractivity contribution in [1.82, 2.24) is 5.32 Å². The SMILES string of the molecule is CCCC/C=C/C(O)C(CO)NC(=O)CCCCCCCCCCCCCCCCCC/C=C\C/C=C\C/C=C\CCCCCCC. The number of allylic oxidation sites excluding steroid dienone is 7. The Morgan fingerprint density at radius 2 is 0.894 bits per heavy atom. The minimum Gasteiger partial charge on any atom is -0.394 e. The maximum absolute atomic E-state index is 12.2. The van der Waals surface area contributed by atoms with E-state index in [-0.39, 0.29) is 12.5 Å². The number of rotatable bonds is 36. The van der Waals surface area contributed by atoms with Gasteiger partial charge in [-0.2, -0.15) is 0 Å². The third-order valence-electron chi connectivity index (χ3n) is 9.06. The molecule has 1 amide bonds. The van der Waals surface area contributed by atoms with E-state index in [1.54, 1.807) is 6.08 Å². The van der Waals surface area contributed by atoms with Crippen LogP contribution >= 0.6 is 0 Å². The van der Waals surface area contributed by atoms with Crippen molar-refractivity contribution in [3.63, 3.8) is 0 Å². The van der Waals surface area contributed by atoms with E-state index in [0.717, 1.165) is 44.9 Å². The molecule has 0 aliphatic carbocycles. The first kappa shape index (κ1) is 45.3. The minimum absolute atomic E-state index is 0.0746. The molecule has 2 unspecified atom stereocenters. The minimum atomic E-state index is -0.834. The Hall–Kier alpha value is -1.65. The summed E-state index contributed by atoms with van der Waals surface area (Å²) in [6.45, 7) is 4.15. The predicted octanol–water partition coefficient (Wildman–Crippen LogP) is 12.4. The van der Waals surface area contributed by atoms with Gasteiger partial charge in [-0.1, -0.05) is 191 Å². The van der Waals surface area contributed by atoms with Crippen LogP contribution in [-0.4, -0.2) is 34.9 Å². The Kier molecular flexibility index (Phi) is 37.4. The summed E-state index contributed by atoms with van der Waals surface area (Å²) < 4.78 is 0. The molecule has 4 heteroatoms. The third-order valence-corrected chi connectivity index (χ3v) is 9.06. The molecule has 4 nitrogen and oxygen atoms in total. The molecular weight excluding hydrogens is 578 g/mol. The highest BCUT2D eigenvalue weighted by Crippen LogP contribution is 2.15. The summed E-state index contributed by atoms with van der Waals surface area (Å²) in [5.74, 6) is -0.0746. The first-order chi connectivity index (χ1) is 23.2. The molecule has 0 saturated carbocycles. The summed E-state index contributed by atoms with van der Waals surface area (Å²) >= 11 is 0. The third kappa shape index (κ3) is 35.5. The highest BCUT2D eigenvalue weighted by molar-refractivity contribution is 5.76. The van der Waals surface area contributed by atoms with Gasteiger partial charge in [0.15, 0.2) is 0 Å². The number of amides is 1. The summed E-state index contributed by atoms with van der Waals surface area (Å²) in [6.07, 6.45) is 52.7. The second kappa shape index (κ2) is 38.8. The van der Waals surface area contributed by atoms with Gasteiger partial charge in [0, 0.05) is 6.42 Å². The van der Waals surface area contributed by atoms with Gasteiger partial charge in [0.1, 0.15) is 0 Å². The average Bonchev–Trinajstić information content (AvgIpc) is 3.08. The second-order valence-corrected chi connectivity index (χ2v) is 13.7. The Balaban J connectivity index is 3.39. The molecule has 0 bridgehead atoms. The molecule has 0 fully saturated rings. The van der Waals surface area contributed by atoms with Crippen LogP contribution in [0.15, 0.2) is 48.6 Å². The lowest BCUT2D eigenvalue weighted by Gasteiger charge is -2.19. The van der Waals surface area contributed by atoms with Crippen molar-refractivity contribution in [1.29, 1.82) is 0 Å². The van der Waals surface area contributed by atoms with Crippen molar-refractivity contribution in [2.75, 3.05) is 6.61 Å². The van der Waals surface area contributed by atoms with Gasteiger partial charge < -0.3 is 15.5 Å². The number of aliphatic hydroxyl groups is 2. The van der Waals surface area contributed by atoms with E-state index < -0.39 is 12.1 Å². The molecule has 0 aliphatic rings. The summed E-state index contributed by atoms with van der Waals surface area (Å²) in [7, 11) is 0. The van der Waals surface area contributed by atoms with Crippen molar-refractivity contribution < 1.29 is 15.0 Å². The van der Waals surface area contributed by atoms with E-state index in [0.29, 0.717) is 6.42 Å². The van der Waals surface area contributed by atoms with Gasteiger partial charge in [-0.3, -0.25) is 4.79 Å². The summed E-state index contributed by atoms with van der Waals surface area (Å²) in [6, 6.07) is -0.617. The maximum Gasteiger partial charge on any atom is 0.220 e. The zero-order valence-corrected chi connectivity index (χ0v) is 31.3. The molecule has 0 aromatic rings. The van der Waals surface area contributed by atoms with Crippen LogP contribution in [0.25, 0.3) is 0 Å². The van der Waals surface area contributed by atoms with Crippen molar-refractivity contribution >= 4 is 5.91 Å². The Morgan fingerprint density at radius 3 is 1.34 bits per heavy atom. The monoisotopic (exact) mass is 658 g/mol. The zero-order chi connectivity index (χ0) is 34.3. The highest BCUT2D eigenvalue weighted by atomic mass is 16.3. The van der Waals surface area contributed by atoms with Gasteiger partial charge in [-0.15, -0.1) is 0 Å². The molecule has 0 heterocycles. The van der Waals surface area contributed by atoms with Crippen LogP contribution in [0.2, 0.25) is 0 Å². The van der Waals surface area contributed by atoms with E-state index >= 15 is 0 Å². The van der Waals surface area contributed by atoms with E-state index in [1.165, 1.54) is 135 Å². The fourth-order valence-electron chi connectivity index (χ4n) is 5.88. The molecule has 0 spiro atoms. The molecule has 0 radical (unpaired) electrons. The summed E-state index contributed by atoms with van der Waals surface area (Å²) in [5.41, 5.74) is 0. The van der Waals surface area contributed by atoms with Gasteiger partial charge in [-0.05, 0) is 51.4 Å². The molecule has 0 aromatic carbocycles. The molecule has 3 N–H and O–H groups in total. The van der Waals surface area contributed by atoms with Gasteiger partial charge in [0.25, 0.3) is 0 Å². The Bertz CT molecular complexity index is 756. The Morgan fingerprint density at radius 1 is 0.511 bits per heavy atom. The van der Waals surface area contributed by atoms with E-state index in [1.807, 2.05) is 6.08 Å². The van der Waals surface area contributed by atoms with Gasteiger partial charge >= 0.3 is 0 Å². The molecule has 0 rings (SSSR count). The average molecular weight is 658 g/mol. The molecule has 274 valence electrons. The number of nitrogens with one attached hydrogen (secondary N) is 1. The van der Waals surface area contributed by atoms with Crippen LogP contribution in [0.4, 0.5) is 0 Å². The number of hydrogen-bond acceptors (Lipinski definition) is 3. The maximum atomic E-state index is 12.2. The zero-order valence-electron chi connectivity index (χ0n) is 31.3. The van der Waals surface area contributed by atoms with Crippen LogP contribution in [0.3, 0.4) is 0 Å². The number of unbranched alkanes of at least 4 members (excludes halogenated alkanes) is 23. The highest BCUT2D eigenvalue weighted by Gasteiger charge is 2.17. The van der Waals surface area contributed by atoms with Gasteiger partial charge in [-0.25, -0.2) is 0 Å². The van der Waals surface area contributed by atoms with Crippen LogP contribution in [-0.2, 0) is 4.79 Å². The van der Waals surface area contributed by atoms with E-state index in [4.69, 9.17) is 0 Å². The fraction of sp³-hybridized carbons (Fsp3) is 0.791. The van der Waals surface area contributed by atoms with Crippen LogP contribution < -0.4 is 5.32 Å². The van der Waals surface area contributed by atoms with Gasteiger partial charge in [0.05, 0.1) is 18.8 Å². The standard InChI is InChI=1S/C43H79NO3/c1-3-5-7-9-10-11-12-13-14-15-16-17-18-19-20-21-22-23-24-25-26-27-28-29-30-31-32-33-34-35-37-39-43(47)44-41(40-45)42(46)38-36-8-6-4-2/h12-13,15-16,18-19,36,38,41-42,45-46H,3-11,14,17,20-35,37,39-40H2,1-2H3,(H,44,47)/b13-12-,16-15-,19-18-,38-36+. The molecule has 47 heavy (non-hydrogen) atoms. The molecule has 0 aliphatic heterocycles. The largest absolute Gasteiger partial charge is 0.394 e. The fourth-order valence-corrected chi connectivity index (χ4v) is 5.88. The number of hydrogen-bond donors (Lipinski definition) is 3. The van der Waals surface area contributed by atoms with Crippen molar-refractivity contribution in [3.8, 4) is 0 Å². The quantitative estimate of drug-likeness (QED) is 0.0464. The number of carbonyl (C=O) groups is 1. The number of carbonyl (C=O) groups excluding carboxylic acids is 1. The van der Waals surface area contributed by atoms with Crippen LogP contribution in [0.1, 0.15) is 200 Å². The van der Waals surface area contributed by atoms with Crippen molar-refractivity contribution in [3.05, 3.63) is 48.6 Å². The topological polar surface area (TPSA) is 69.6 Å². The summed E-state index contributed by atoms with van der Waals surface area (Å²) in [5, 5.41) is 22.5. The van der Waals surface area contributed by atoms with Gasteiger partial charge in [0.2, 0.25) is 5.91 Å². The van der Waals surface area contributed by atoms with Crippen molar-refractivity contribution in [2.24, 2.45) is 0 Å². The second-order valence-electron chi connectivity index (χ2n) is 13.7. The van der Waals surface area contributed by atoms with Crippen LogP contribution in [0.5, 0.6) is 0 Å². The normalized spacial score (nSPS) is 13.5.